The summed E-state index contributed by atoms with van der Waals surface area (Å²) in [6, 6.07) is 4.91. The number of rotatable bonds is 5. The molecule has 0 spiro atoms. The van der Waals surface area contributed by atoms with Crippen molar-refractivity contribution in [3.63, 3.8) is 0 Å². The average Bonchev–Trinajstić information content (AvgIpc) is 2.60. The lowest BCUT2D eigenvalue weighted by Crippen LogP contribution is -2.32. The number of hydrazone groups is 1. The number of hydrogen-bond acceptors (Lipinski definition) is 6. The van der Waals surface area contributed by atoms with Gasteiger partial charge in [-0.25, -0.2) is 4.39 Å². The Morgan fingerprint density at radius 3 is 2.39 bits per heavy atom. The highest BCUT2D eigenvalue weighted by Crippen LogP contribution is 2.32. The van der Waals surface area contributed by atoms with Crippen molar-refractivity contribution < 1.29 is 13.9 Å². The molecule has 0 amide bonds. The number of benzene rings is 1. The number of hydrogen-bond donors (Lipinski definition) is 2. The topological polar surface area (TPSA) is 86.5 Å². The molecule has 0 aliphatic carbocycles. The van der Waals surface area contributed by atoms with E-state index in [-0.39, 0.29) is 11.4 Å². The number of nitrogens with one attached hydrogen (secondary N) is 2. The molecule has 154 valence electrons. The second-order valence-corrected chi connectivity index (χ2v) is 8.85. The van der Waals surface area contributed by atoms with Crippen LogP contribution in [0, 0.1) is 23.1 Å². The van der Waals surface area contributed by atoms with Crippen LogP contribution in [0.2, 0.25) is 0 Å². The third-order valence-electron chi connectivity index (χ3n) is 3.79. The molecule has 9 heteroatoms. The van der Waals surface area contributed by atoms with Crippen LogP contribution < -0.4 is 10.7 Å². The molecule has 6 nitrogen and oxygen atoms in total. The highest BCUT2D eigenvalue weighted by Gasteiger charge is 2.19. The minimum Gasteiger partial charge on any atom is -0.462 e. The van der Waals surface area contributed by atoms with E-state index >= 15 is 0 Å². The lowest BCUT2D eigenvalue weighted by atomic mass is 9.91. The zero-order valence-corrected chi connectivity index (χ0v) is 19.4. The van der Waals surface area contributed by atoms with Gasteiger partial charge in [0, 0.05) is 14.9 Å². The summed E-state index contributed by atoms with van der Waals surface area (Å²) < 4.78 is 19.0. The Kier molecular flexibility index (Phi) is 10.6. The number of piperidine rings is 1. The van der Waals surface area contributed by atoms with Crippen LogP contribution in [0.4, 0.5) is 10.1 Å². The highest BCUT2D eigenvalue weighted by atomic mass is 79.9. The fraction of sp³-hybridized carbons (Fsp3) is 0.526. The summed E-state index contributed by atoms with van der Waals surface area (Å²) in [5, 5.41) is 16.7. The Balaban J connectivity index is 0.000000480. The quantitative estimate of drug-likeness (QED) is 0.325. The molecule has 2 rings (SSSR count). The summed E-state index contributed by atoms with van der Waals surface area (Å²) in [6.45, 7) is 7.81. The summed E-state index contributed by atoms with van der Waals surface area (Å²) in [5.74, 6) is -0.0183. The average molecular weight is 520 g/mol. The molecule has 0 atom stereocenters. The maximum Gasteiger partial charge on any atom is 0.293 e. The largest absolute Gasteiger partial charge is 0.462 e. The molecular weight excluding hydrogens is 495 g/mol. The molecule has 0 radical (unpaired) electrons. The van der Waals surface area contributed by atoms with Gasteiger partial charge in [0.25, 0.3) is 6.47 Å². The van der Waals surface area contributed by atoms with Gasteiger partial charge in [0.2, 0.25) is 0 Å². The molecular formula is C19H25Br2FN4O2. The van der Waals surface area contributed by atoms with Gasteiger partial charge in [0.1, 0.15) is 11.4 Å². The van der Waals surface area contributed by atoms with Gasteiger partial charge in [-0.15, -0.1) is 0 Å². The first kappa shape index (κ1) is 24.5. The Labute approximate surface area is 182 Å². The molecule has 1 aliphatic rings. The number of carbonyl (C=O) groups excluding carboxylic acids is 1. The standard InChI is InChI=1S/C14H15Br2FN4.C5H10O2/c15-11-7-10(17)8-12(16)14(11)21-20-13(1-4-18)9-2-5-19-6-3-9;1-5(2,3)7-4-6/h7-9,19,21H,1-3,5-6H2;4H,1-3H3. The molecule has 1 saturated heterocycles. The van der Waals surface area contributed by atoms with Crippen LogP contribution in [0.3, 0.4) is 0 Å². The normalized spacial score (nSPS) is 15.1. The zero-order chi connectivity index (χ0) is 21.2. The van der Waals surface area contributed by atoms with Crippen molar-refractivity contribution in [2.45, 2.75) is 45.6 Å². The summed E-state index contributed by atoms with van der Waals surface area (Å²) in [7, 11) is 0. The molecule has 1 aromatic carbocycles. The number of nitriles is 1. The van der Waals surface area contributed by atoms with Crippen LogP contribution in [0.15, 0.2) is 26.2 Å². The number of carbonyl (C=O) groups is 1. The minimum absolute atomic E-state index is 0.300. The number of nitrogens with zero attached hydrogens (tertiary/aromatic N) is 2. The fourth-order valence-corrected chi connectivity index (χ4v) is 3.74. The van der Waals surface area contributed by atoms with Gasteiger partial charge in [-0.05, 0) is 90.7 Å². The van der Waals surface area contributed by atoms with Crippen molar-refractivity contribution in [2.24, 2.45) is 11.0 Å². The maximum atomic E-state index is 13.2. The lowest BCUT2D eigenvalue weighted by Gasteiger charge is -2.23. The van der Waals surface area contributed by atoms with E-state index in [2.05, 4.69) is 58.5 Å². The van der Waals surface area contributed by atoms with E-state index < -0.39 is 0 Å². The second-order valence-electron chi connectivity index (χ2n) is 7.14. The van der Waals surface area contributed by atoms with Crippen LogP contribution >= 0.6 is 31.9 Å². The van der Waals surface area contributed by atoms with Gasteiger partial charge >= 0.3 is 0 Å². The molecule has 1 fully saturated rings. The van der Waals surface area contributed by atoms with Gasteiger partial charge in [-0.3, -0.25) is 10.2 Å². The van der Waals surface area contributed by atoms with Crippen LogP contribution in [0.1, 0.15) is 40.0 Å². The van der Waals surface area contributed by atoms with Gasteiger partial charge < -0.3 is 10.1 Å². The van der Waals surface area contributed by atoms with E-state index in [1.54, 1.807) is 0 Å². The third kappa shape index (κ3) is 9.13. The molecule has 28 heavy (non-hydrogen) atoms. The molecule has 0 bridgehead atoms. The van der Waals surface area contributed by atoms with E-state index in [0.717, 1.165) is 31.6 Å². The van der Waals surface area contributed by atoms with Crippen LogP contribution in [0.5, 0.6) is 0 Å². The van der Waals surface area contributed by atoms with Crippen molar-refractivity contribution in [2.75, 3.05) is 18.5 Å². The summed E-state index contributed by atoms with van der Waals surface area (Å²) >= 11 is 6.61. The van der Waals surface area contributed by atoms with Crippen LogP contribution in [-0.4, -0.2) is 30.9 Å². The van der Waals surface area contributed by atoms with E-state index in [0.29, 0.717) is 33.4 Å². The molecule has 0 unspecified atom stereocenters. The van der Waals surface area contributed by atoms with Crippen molar-refractivity contribution in [1.29, 1.82) is 5.26 Å². The second kappa shape index (κ2) is 12.1. The SMILES string of the molecule is CC(C)(C)OC=O.N#CCC(=NNc1c(Br)cc(F)cc1Br)C1CCNCC1. The van der Waals surface area contributed by atoms with Gasteiger partial charge in [0.15, 0.2) is 0 Å². The third-order valence-corrected chi connectivity index (χ3v) is 5.04. The van der Waals surface area contributed by atoms with Gasteiger partial charge in [0.05, 0.1) is 23.9 Å². The molecule has 0 saturated carbocycles. The van der Waals surface area contributed by atoms with Crippen LogP contribution in [0.25, 0.3) is 0 Å². The molecule has 1 aromatic rings. The number of halogens is 3. The minimum atomic E-state index is -0.334. The van der Waals surface area contributed by atoms with Crippen molar-refractivity contribution in [3.05, 3.63) is 26.9 Å². The van der Waals surface area contributed by atoms with E-state index in [1.165, 1.54) is 12.1 Å². The van der Waals surface area contributed by atoms with Crippen molar-refractivity contribution in [3.8, 4) is 6.07 Å². The Morgan fingerprint density at radius 1 is 1.39 bits per heavy atom. The van der Waals surface area contributed by atoms with E-state index in [4.69, 9.17) is 5.26 Å². The van der Waals surface area contributed by atoms with Crippen LogP contribution in [-0.2, 0) is 9.53 Å². The highest BCUT2D eigenvalue weighted by molar-refractivity contribution is 9.11. The van der Waals surface area contributed by atoms with Crippen molar-refractivity contribution in [1.82, 2.24) is 5.32 Å². The first-order valence-corrected chi connectivity index (χ1v) is 10.4. The van der Waals surface area contributed by atoms with Gasteiger partial charge in [-0.1, -0.05) is 0 Å². The number of anilines is 1. The number of ether oxygens (including phenoxy) is 1. The molecule has 0 aromatic heterocycles. The monoisotopic (exact) mass is 518 g/mol. The Bertz CT molecular complexity index is 701. The maximum absolute atomic E-state index is 13.2. The lowest BCUT2D eigenvalue weighted by molar-refractivity contribution is -0.138. The predicted molar refractivity (Wildman–Crippen MR) is 116 cm³/mol. The smallest absolute Gasteiger partial charge is 0.293 e. The van der Waals surface area contributed by atoms with Crippen molar-refractivity contribution >= 4 is 49.7 Å². The zero-order valence-electron chi connectivity index (χ0n) is 16.2. The first-order chi connectivity index (χ1) is 13.2. The van der Waals surface area contributed by atoms with Gasteiger partial charge in [-0.2, -0.15) is 10.4 Å². The summed E-state index contributed by atoms with van der Waals surface area (Å²) in [5.41, 5.74) is 4.13. The summed E-state index contributed by atoms with van der Waals surface area (Å²) in [4.78, 5) is 9.60. The van der Waals surface area contributed by atoms with E-state index in [9.17, 15) is 9.18 Å². The molecule has 1 heterocycles. The predicted octanol–water partition coefficient (Wildman–Crippen LogP) is 4.99. The first-order valence-electron chi connectivity index (χ1n) is 8.84. The summed E-state index contributed by atoms with van der Waals surface area (Å²) in [6.07, 6.45) is 2.26. The Morgan fingerprint density at radius 2 is 1.96 bits per heavy atom. The molecule has 1 aliphatic heterocycles. The van der Waals surface area contributed by atoms with E-state index in [1.807, 2.05) is 20.8 Å². The fourth-order valence-electron chi connectivity index (χ4n) is 2.43. The molecule has 2 N–H and O–H groups in total. The Hall–Kier alpha value is -1.50.